The number of carbonyl (C=O) groups is 1. The number of carbonyl (C=O) groups excluding carboxylic acids is 1. The Kier molecular flexibility index (Phi) is 6.00. The number of aromatic amines is 1. The number of benzene rings is 1. The van der Waals surface area contributed by atoms with Crippen molar-refractivity contribution in [2.75, 3.05) is 5.32 Å². The lowest BCUT2D eigenvalue weighted by atomic mass is 9.96. The second-order valence-electron chi connectivity index (χ2n) is 10.3. The van der Waals surface area contributed by atoms with Crippen molar-refractivity contribution in [3.8, 4) is 11.1 Å². The molecular weight excluding hydrogens is 442 g/mol. The number of fused-ring (bicyclic) bond motifs is 1. The summed E-state index contributed by atoms with van der Waals surface area (Å²) in [6.07, 6.45) is 6.64. The van der Waals surface area contributed by atoms with Gasteiger partial charge in [0, 0.05) is 17.7 Å². The van der Waals surface area contributed by atoms with Crippen LogP contribution in [0.4, 0.5) is 5.82 Å². The van der Waals surface area contributed by atoms with Gasteiger partial charge in [-0.1, -0.05) is 63.0 Å². The molecule has 0 saturated heterocycles. The molecule has 0 spiro atoms. The fraction of sp³-hybridized carbons (Fsp3) is 0.423. The fourth-order valence-electron chi connectivity index (χ4n) is 4.47. The van der Waals surface area contributed by atoms with Crippen LogP contribution < -0.4 is 10.6 Å². The Morgan fingerprint density at radius 3 is 2.57 bits per heavy atom. The fourth-order valence-corrected chi connectivity index (χ4v) is 4.47. The normalized spacial score (nSPS) is 15.4. The third-order valence-corrected chi connectivity index (χ3v) is 6.52. The molecule has 35 heavy (non-hydrogen) atoms. The van der Waals surface area contributed by atoms with Crippen LogP contribution in [0.5, 0.6) is 0 Å². The molecule has 1 aliphatic carbocycles. The summed E-state index contributed by atoms with van der Waals surface area (Å²) in [7, 11) is 0. The summed E-state index contributed by atoms with van der Waals surface area (Å²) >= 11 is 0. The number of rotatable bonds is 6. The molecule has 1 fully saturated rings. The average molecular weight is 474 g/mol. The molecule has 0 aliphatic heterocycles. The van der Waals surface area contributed by atoms with Crippen molar-refractivity contribution in [3.05, 3.63) is 53.8 Å². The monoisotopic (exact) mass is 473 g/mol. The molecule has 9 heteroatoms. The second kappa shape index (κ2) is 9.13. The van der Waals surface area contributed by atoms with Gasteiger partial charge < -0.3 is 15.2 Å². The summed E-state index contributed by atoms with van der Waals surface area (Å²) in [4.78, 5) is 21.3. The van der Waals surface area contributed by atoms with Gasteiger partial charge in [0.05, 0.1) is 11.4 Å². The van der Waals surface area contributed by atoms with E-state index >= 15 is 0 Å². The third-order valence-electron chi connectivity index (χ3n) is 6.52. The molecule has 3 N–H and O–H groups in total. The highest BCUT2D eigenvalue weighted by atomic mass is 16.5. The maximum absolute atomic E-state index is 12.6. The Morgan fingerprint density at radius 2 is 1.89 bits per heavy atom. The van der Waals surface area contributed by atoms with Crippen LogP contribution in [0.3, 0.4) is 0 Å². The Balaban J connectivity index is 1.33. The van der Waals surface area contributed by atoms with E-state index in [2.05, 4.69) is 48.1 Å². The molecular formula is C26H31N7O2. The lowest BCUT2D eigenvalue weighted by Gasteiger charge is -2.15. The first-order valence-corrected chi connectivity index (χ1v) is 12.1. The molecule has 1 aromatic carbocycles. The van der Waals surface area contributed by atoms with Gasteiger partial charge in [-0.25, -0.2) is 4.98 Å². The van der Waals surface area contributed by atoms with E-state index in [-0.39, 0.29) is 23.3 Å². The molecule has 0 bridgehead atoms. The van der Waals surface area contributed by atoms with Crippen LogP contribution in [0.15, 0.2) is 41.1 Å². The van der Waals surface area contributed by atoms with Gasteiger partial charge in [-0.3, -0.25) is 9.89 Å². The smallest absolute Gasteiger partial charge is 0.315 e. The van der Waals surface area contributed by atoms with Crippen LogP contribution in [0, 0.1) is 0 Å². The highest BCUT2D eigenvalue weighted by Gasteiger charge is 2.25. The van der Waals surface area contributed by atoms with Gasteiger partial charge in [0.25, 0.3) is 0 Å². The van der Waals surface area contributed by atoms with Crippen molar-refractivity contribution >= 4 is 22.8 Å². The van der Waals surface area contributed by atoms with E-state index in [1.54, 1.807) is 6.20 Å². The van der Waals surface area contributed by atoms with Crippen molar-refractivity contribution in [3.63, 3.8) is 0 Å². The average Bonchev–Trinajstić information content (AvgIpc) is 3.60. The molecule has 1 aliphatic rings. The number of H-pyrrole nitrogens is 1. The minimum absolute atomic E-state index is 0.0279. The standard InChI is InChI=1S/C26H31N7O2/c1-15(28-23(34)24-30-25(33-35-24)26(2,3)4)16-9-11-17(12-10-16)19-13-14-27-21-20(19)22(32-31-21)29-18-7-5-6-8-18/h9-15,18H,5-8H2,1-4H3,(H,28,34)(H2,27,29,31,32)/t15-/m1/s1. The lowest BCUT2D eigenvalue weighted by Crippen LogP contribution is -2.27. The zero-order valence-electron chi connectivity index (χ0n) is 20.6. The van der Waals surface area contributed by atoms with Gasteiger partial charge in [0.1, 0.15) is 0 Å². The zero-order valence-corrected chi connectivity index (χ0v) is 20.6. The summed E-state index contributed by atoms with van der Waals surface area (Å²) in [6.45, 7) is 7.84. The largest absolute Gasteiger partial charge is 0.365 e. The molecule has 0 unspecified atom stereocenters. The van der Waals surface area contributed by atoms with Crippen LogP contribution >= 0.6 is 0 Å². The van der Waals surface area contributed by atoms with E-state index in [0.29, 0.717) is 11.9 Å². The summed E-state index contributed by atoms with van der Waals surface area (Å²) in [5.41, 5.74) is 3.57. The molecule has 4 aromatic rings. The molecule has 0 radical (unpaired) electrons. The van der Waals surface area contributed by atoms with Crippen molar-refractivity contribution in [1.29, 1.82) is 0 Å². The van der Waals surface area contributed by atoms with Crippen molar-refractivity contribution in [2.24, 2.45) is 0 Å². The Hall–Kier alpha value is -3.75. The third kappa shape index (κ3) is 4.76. The number of hydrogen-bond donors (Lipinski definition) is 3. The first-order valence-electron chi connectivity index (χ1n) is 12.1. The Bertz CT molecular complexity index is 1330. The summed E-state index contributed by atoms with van der Waals surface area (Å²) in [5, 5.41) is 19.0. The van der Waals surface area contributed by atoms with Gasteiger partial charge >= 0.3 is 11.8 Å². The minimum Gasteiger partial charge on any atom is -0.365 e. The van der Waals surface area contributed by atoms with Crippen LogP contribution in [0.1, 0.15) is 81.5 Å². The van der Waals surface area contributed by atoms with Gasteiger partial charge in [0.2, 0.25) is 0 Å². The van der Waals surface area contributed by atoms with Gasteiger partial charge in [-0.15, -0.1) is 0 Å². The number of aromatic nitrogens is 5. The molecule has 5 rings (SSSR count). The number of pyridine rings is 1. The summed E-state index contributed by atoms with van der Waals surface area (Å²) < 4.78 is 5.16. The van der Waals surface area contributed by atoms with E-state index in [0.717, 1.165) is 33.5 Å². The van der Waals surface area contributed by atoms with E-state index < -0.39 is 0 Å². The molecule has 1 atom stereocenters. The highest BCUT2D eigenvalue weighted by Crippen LogP contribution is 2.33. The van der Waals surface area contributed by atoms with E-state index in [1.165, 1.54) is 25.7 Å². The number of amides is 1. The van der Waals surface area contributed by atoms with E-state index in [1.807, 2.05) is 45.9 Å². The minimum atomic E-state index is -0.388. The van der Waals surface area contributed by atoms with Crippen LogP contribution in [0.25, 0.3) is 22.2 Å². The van der Waals surface area contributed by atoms with Gasteiger partial charge in [0.15, 0.2) is 17.3 Å². The molecule has 3 aromatic heterocycles. The SMILES string of the molecule is C[C@@H](NC(=O)c1nc(C(C)(C)C)no1)c1ccc(-c2ccnc3[nH]nc(NC4CCCC4)c23)cc1. The van der Waals surface area contributed by atoms with Crippen molar-refractivity contribution in [1.82, 2.24) is 30.6 Å². The summed E-state index contributed by atoms with van der Waals surface area (Å²) in [5.74, 6) is 0.944. The number of nitrogens with one attached hydrogen (secondary N) is 3. The Morgan fingerprint density at radius 1 is 1.14 bits per heavy atom. The second-order valence-corrected chi connectivity index (χ2v) is 10.3. The first-order chi connectivity index (χ1) is 16.8. The van der Waals surface area contributed by atoms with E-state index in [4.69, 9.17) is 4.52 Å². The predicted octanol–water partition coefficient (Wildman–Crippen LogP) is 5.15. The topological polar surface area (TPSA) is 122 Å². The molecule has 182 valence electrons. The number of anilines is 1. The molecule has 1 amide bonds. The van der Waals surface area contributed by atoms with Crippen molar-refractivity contribution < 1.29 is 9.32 Å². The Labute approximate surface area is 204 Å². The number of nitrogens with zero attached hydrogens (tertiary/aromatic N) is 4. The van der Waals surface area contributed by atoms with Gasteiger partial charge in [-0.2, -0.15) is 10.1 Å². The highest BCUT2D eigenvalue weighted by molar-refractivity contribution is 6.00. The van der Waals surface area contributed by atoms with Crippen molar-refractivity contribution in [2.45, 2.75) is 70.9 Å². The number of hydrogen-bond acceptors (Lipinski definition) is 7. The molecule has 3 heterocycles. The van der Waals surface area contributed by atoms with Crippen LogP contribution in [0.2, 0.25) is 0 Å². The van der Waals surface area contributed by atoms with Crippen LogP contribution in [-0.4, -0.2) is 37.3 Å². The quantitative estimate of drug-likeness (QED) is 0.354. The zero-order chi connectivity index (χ0) is 24.6. The summed E-state index contributed by atoms with van der Waals surface area (Å²) in [6, 6.07) is 10.4. The lowest BCUT2D eigenvalue weighted by molar-refractivity contribution is 0.0895. The van der Waals surface area contributed by atoms with Gasteiger partial charge in [-0.05, 0) is 42.5 Å². The first kappa shape index (κ1) is 23.0. The maximum atomic E-state index is 12.6. The molecule has 1 saturated carbocycles. The maximum Gasteiger partial charge on any atom is 0.315 e. The molecule has 9 nitrogen and oxygen atoms in total. The van der Waals surface area contributed by atoms with E-state index in [9.17, 15) is 4.79 Å². The predicted molar refractivity (Wildman–Crippen MR) is 134 cm³/mol. The van der Waals surface area contributed by atoms with Crippen LogP contribution in [-0.2, 0) is 5.41 Å².